The minimum atomic E-state index is -4.95. The topological polar surface area (TPSA) is 115 Å². The number of Topliss-reactive ketones (excluding diaryl/α,β-unsaturated/α-hetero) is 1. The minimum absolute atomic E-state index is 0.0679. The second kappa shape index (κ2) is 11.6. The molecule has 1 aliphatic carbocycles. The minimum Gasteiger partial charge on any atom is -0.481 e. The summed E-state index contributed by atoms with van der Waals surface area (Å²) in [6.45, 7) is 2.35. The van der Waals surface area contributed by atoms with Crippen LogP contribution in [0.1, 0.15) is 72.0 Å². The zero-order valence-electron chi connectivity index (χ0n) is 20.9. The number of carbonyl (C=O) groups is 3. The highest BCUT2D eigenvalue weighted by Gasteiger charge is 2.44. The number of nitrogens with zero attached hydrogens (tertiary/aromatic N) is 4. The normalized spacial score (nSPS) is 18.3. The molecule has 0 unspecified atom stereocenters. The van der Waals surface area contributed by atoms with Gasteiger partial charge < -0.3 is 14.7 Å². The Balaban J connectivity index is 1.99. The molecule has 2 aromatic heterocycles. The number of amides is 1. The van der Waals surface area contributed by atoms with Gasteiger partial charge in [-0.1, -0.05) is 23.2 Å². The van der Waals surface area contributed by atoms with Crippen LogP contribution < -0.4 is 0 Å². The molecule has 2 aromatic rings. The summed E-state index contributed by atoms with van der Waals surface area (Å²) < 4.78 is 49.0. The fourth-order valence-corrected chi connectivity index (χ4v) is 5.05. The molecule has 1 aliphatic rings. The highest BCUT2D eigenvalue weighted by molar-refractivity contribution is 6.39. The Morgan fingerprint density at radius 1 is 1.11 bits per heavy atom. The Labute approximate surface area is 226 Å². The van der Waals surface area contributed by atoms with Crippen LogP contribution in [-0.2, 0) is 15.7 Å². The standard InChI is InChI=1S/C24H27Cl2F3N4O5/c1-23(2,38-3)12-32(11-18(34)19-16(25)9-30-10-17(19)26)21(35)15-8-31-33(20(15)24(27,28)29)14-6-4-13(5-7-14)22(36)37/h8-10,13-14H,4-7,11-12H2,1-3H3,(H,36,37). The summed E-state index contributed by atoms with van der Waals surface area (Å²) in [5.74, 6) is -3.41. The maximum atomic E-state index is 14.3. The van der Waals surface area contributed by atoms with Gasteiger partial charge in [-0.2, -0.15) is 18.3 Å². The molecule has 0 saturated heterocycles. The predicted octanol–water partition coefficient (Wildman–Crippen LogP) is 5.17. The highest BCUT2D eigenvalue weighted by Crippen LogP contribution is 2.39. The first kappa shape index (κ1) is 29.9. The molecule has 0 spiro atoms. The molecule has 38 heavy (non-hydrogen) atoms. The van der Waals surface area contributed by atoms with E-state index in [1.807, 2.05) is 0 Å². The van der Waals surface area contributed by atoms with Crippen molar-refractivity contribution in [3.05, 3.63) is 45.5 Å². The summed E-state index contributed by atoms with van der Waals surface area (Å²) in [6.07, 6.45) is -1.03. The van der Waals surface area contributed by atoms with E-state index in [1.54, 1.807) is 13.8 Å². The van der Waals surface area contributed by atoms with E-state index in [9.17, 15) is 32.7 Å². The van der Waals surface area contributed by atoms with Crippen molar-refractivity contribution in [3.63, 3.8) is 0 Å². The number of rotatable bonds is 9. The summed E-state index contributed by atoms with van der Waals surface area (Å²) in [6, 6.07) is -0.733. The largest absolute Gasteiger partial charge is 0.481 e. The van der Waals surface area contributed by atoms with Crippen LogP contribution in [0.15, 0.2) is 18.6 Å². The average molecular weight is 579 g/mol. The van der Waals surface area contributed by atoms with Crippen molar-refractivity contribution < 1.29 is 37.4 Å². The van der Waals surface area contributed by atoms with Gasteiger partial charge in [-0.05, 0) is 39.5 Å². The molecule has 0 aliphatic heterocycles. The number of methoxy groups -OCH3 is 1. The van der Waals surface area contributed by atoms with Gasteiger partial charge in [0.2, 0.25) is 0 Å². The molecule has 9 nitrogen and oxygen atoms in total. The molecular weight excluding hydrogens is 552 g/mol. The number of carboxylic acids is 1. The number of carboxylic acid groups (broad SMARTS) is 1. The van der Waals surface area contributed by atoms with Crippen LogP contribution in [0.3, 0.4) is 0 Å². The van der Waals surface area contributed by atoms with Gasteiger partial charge in [0.1, 0.15) is 0 Å². The molecule has 1 amide bonds. The Morgan fingerprint density at radius 2 is 1.68 bits per heavy atom. The van der Waals surface area contributed by atoms with Crippen LogP contribution in [0.5, 0.6) is 0 Å². The number of pyridine rings is 1. The summed E-state index contributed by atoms with van der Waals surface area (Å²) in [7, 11) is 1.37. The molecule has 3 rings (SSSR count). The number of alkyl halides is 3. The molecule has 2 heterocycles. The number of hydrogen-bond acceptors (Lipinski definition) is 6. The van der Waals surface area contributed by atoms with Crippen molar-refractivity contribution in [1.82, 2.24) is 19.7 Å². The van der Waals surface area contributed by atoms with E-state index in [0.29, 0.717) is 0 Å². The summed E-state index contributed by atoms with van der Waals surface area (Å²) in [5.41, 5.74) is -3.12. The predicted molar refractivity (Wildman–Crippen MR) is 131 cm³/mol. The molecular formula is C24H27Cl2F3N4O5. The zero-order chi connectivity index (χ0) is 28.4. The fourth-order valence-electron chi connectivity index (χ4n) is 4.47. The first-order valence-electron chi connectivity index (χ1n) is 11.7. The van der Waals surface area contributed by atoms with Crippen molar-refractivity contribution in [2.24, 2.45) is 5.92 Å². The van der Waals surface area contributed by atoms with Gasteiger partial charge in [-0.25, -0.2) is 0 Å². The fraction of sp³-hybridized carbons (Fsp3) is 0.542. The van der Waals surface area contributed by atoms with Crippen LogP contribution in [-0.4, -0.2) is 68.2 Å². The lowest BCUT2D eigenvalue weighted by atomic mass is 9.86. The van der Waals surface area contributed by atoms with Gasteiger partial charge >= 0.3 is 12.1 Å². The van der Waals surface area contributed by atoms with Gasteiger partial charge in [0.05, 0.1) is 51.5 Å². The zero-order valence-corrected chi connectivity index (χ0v) is 22.4. The van der Waals surface area contributed by atoms with Crippen LogP contribution in [0.4, 0.5) is 13.2 Å². The lowest BCUT2D eigenvalue weighted by Gasteiger charge is -2.32. The van der Waals surface area contributed by atoms with Crippen LogP contribution in [0, 0.1) is 5.92 Å². The first-order chi connectivity index (χ1) is 17.7. The van der Waals surface area contributed by atoms with E-state index in [1.165, 1.54) is 19.5 Å². The maximum Gasteiger partial charge on any atom is 0.433 e. The van der Waals surface area contributed by atoms with Crippen LogP contribution in [0.2, 0.25) is 10.0 Å². The van der Waals surface area contributed by atoms with Gasteiger partial charge in [-0.3, -0.25) is 24.0 Å². The number of ether oxygens (including phenoxy) is 1. The molecule has 0 radical (unpaired) electrons. The van der Waals surface area contributed by atoms with E-state index >= 15 is 0 Å². The van der Waals surface area contributed by atoms with Crippen LogP contribution >= 0.6 is 23.2 Å². The van der Waals surface area contributed by atoms with E-state index in [-0.39, 0.29) is 47.8 Å². The number of ketones is 1. The third kappa shape index (κ3) is 6.65. The van der Waals surface area contributed by atoms with E-state index in [2.05, 4.69) is 10.1 Å². The van der Waals surface area contributed by atoms with E-state index in [4.69, 9.17) is 27.9 Å². The second-order valence-corrected chi connectivity index (χ2v) is 10.5. The smallest absolute Gasteiger partial charge is 0.433 e. The Bertz CT molecular complexity index is 1190. The Hall–Kier alpha value is -2.70. The number of carbonyl (C=O) groups excluding carboxylic acids is 2. The molecule has 0 atom stereocenters. The number of aliphatic carboxylic acids is 1. The van der Waals surface area contributed by atoms with Gasteiger partial charge in [0.25, 0.3) is 5.91 Å². The Morgan fingerprint density at radius 3 is 2.18 bits per heavy atom. The first-order valence-corrected chi connectivity index (χ1v) is 12.5. The van der Waals surface area contributed by atoms with Crippen LogP contribution in [0.25, 0.3) is 0 Å². The average Bonchev–Trinajstić information content (AvgIpc) is 3.29. The quantitative estimate of drug-likeness (QED) is 0.408. The molecule has 1 saturated carbocycles. The molecule has 1 N–H and O–H groups in total. The van der Waals surface area contributed by atoms with Crippen molar-refractivity contribution in [2.75, 3.05) is 20.2 Å². The molecule has 14 heteroatoms. The van der Waals surface area contributed by atoms with Crippen molar-refractivity contribution >= 4 is 40.9 Å². The molecule has 208 valence electrons. The lowest BCUT2D eigenvalue weighted by molar-refractivity contribution is -0.147. The van der Waals surface area contributed by atoms with Gasteiger partial charge in [-0.15, -0.1) is 0 Å². The summed E-state index contributed by atoms with van der Waals surface area (Å²) in [4.78, 5) is 42.7. The monoisotopic (exact) mass is 578 g/mol. The number of halogens is 5. The van der Waals surface area contributed by atoms with E-state index < -0.39 is 59.2 Å². The number of aromatic nitrogens is 3. The second-order valence-electron chi connectivity index (χ2n) is 9.72. The van der Waals surface area contributed by atoms with Crippen molar-refractivity contribution in [1.29, 1.82) is 0 Å². The Kier molecular flexibility index (Phi) is 9.10. The van der Waals surface area contributed by atoms with Gasteiger partial charge in [0.15, 0.2) is 11.5 Å². The highest BCUT2D eigenvalue weighted by atomic mass is 35.5. The molecule has 0 aromatic carbocycles. The van der Waals surface area contributed by atoms with Crippen molar-refractivity contribution in [3.8, 4) is 0 Å². The molecule has 1 fully saturated rings. The SMILES string of the molecule is COC(C)(C)CN(CC(=O)c1c(Cl)cncc1Cl)C(=O)c1cnn(C2CCC(C(=O)O)CC2)c1C(F)(F)F. The summed E-state index contributed by atoms with van der Waals surface area (Å²) in [5, 5.41) is 13.0. The van der Waals surface area contributed by atoms with Crippen molar-refractivity contribution in [2.45, 2.75) is 57.3 Å². The summed E-state index contributed by atoms with van der Waals surface area (Å²) >= 11 is 12.1. The number of hydrogen-bond donors (Lipinski definition) is 1. The maximum absolute atomic E-state index is 14.3. The van der Waals surface area contributed by atoms with Gasteiger partial charge in [0, 0.05) is 26.0 Å². The third-order valence-corrected chi connectivity index (χ3v) is 7.14. The molecule has 0 bridgehead atoms. The lowest BCUT2D eigenvalue weighted by Crippen LogP contribution is -2.46. The van der Waals surface area contributed by atoms with E-state index in [0.717, 1.165) is 15.8 Å². The third-order valence-electron chi connectivity index (χ3n) is 6.56.